The highest BCUT2D eigenvalue weighted by Crippen LogP contribution is 2.22. The summed E-state index contributed by atoms with van der Waals surface area (Å²) in [4.78, 5) is 15.7. The molecule has 1 fully saturated rings. The maximum Gasteiger partial charge on any atom is 0.244 e. The molecule has 0 bridgehead atoms. The molecule has 0 spiro atoms. The smallest absolute Gasteiger partial charge is 0.244 e. The predicted molar refractivity (Wildman–Crippen MR) is 82.0 cm³/mol. The van der Waals surface area contributed by atoms with Crippen LogP contribution in [0.2, 0.25) is 0 Å². The van der Waals surface area contributed by atoms with Crippen molar-refractivity contribution in [1.29, 1.82) is 0 Å². The number of benzene rings is 1. The molecule has 0 atom stereocenters. The first-order valence-electron chi connectivity index (χ1n) is 6.41. The number of rotatable bonds is 5. The van der Waals surface area contributed by atoms with Gasteiger partial charge in [-0.05, 0) is 48.8 Å². The first kappa shape index (κ1) is 14.4. The van der Waals surface area contributed by atoms with E-state index in [9.17, 15) is 4.79 Å². The molecular formula is C15H16N2O2S. The quantitative estimate of drug-likeness (QED) is 0.514. The Morgan fingerprint density at radius 2 is 2.15 bits per heavy atom. The molecule has 4 nitrogen and oxygen atoms in total. The summed E-state index contributed by atoms with van der Waals surface area (Å²) in [6, 6.07) is 7.93. The second kappa shape index (κ2) is 6.98. The molecule has 1 aliphatic carbocycles. The fourth-order valence-corrected chi connectivity index (χ4v) is 2.17. The molecule has 1 aromatic rings. The number of thiocarbonyl (C=S) groups is 1. The summed E-state index contributed by atoms with van der Waals surface area (Å²) >= 11 is 4.54. The first-order valence-corrected chi connectivity index (χ1v) is 6.81. The number of hydrogen-bond donors (Lipinski definition) is 1. The van der Waals surface area contributed by atoms with Gasteiger partial charge in [0.05, 0.1) is 18.3 Å². The normalized spacial score (nSPS) is 20.9. The van der Waals surface area contributed by atoms with E-state index in [4.69, 9.17) is 4.74 Å². The van der Waals surface area contributed by atoms with Crippen LogP contribution in [0.5, 0.6) is 5.75 Å². The second-order valence-corrected chi connectivity index (χ2v) is 4.84. The third kappa shape index (κ3) is 4.02. The average Bonchev–Trinajstić information content (AvgIpc) is 2.43. The fourth-order valence-electron chi connectivity index (χ4n) is 2.02. The minimum atomic E-state index is -0.0874. The van der Waals surface area contributed by atoms with E-state index in [0.717, 1.165) is 24.2 Å². The van der Waals surface area contributed by atoms with Crippen molar-refractivity contribution in [2.45, 2.75) is 24.9 Å². The second-order valence-electron chi connectivity index (χ2n) is 4.66. The number of carbonyl (C=O) groups is 1. The van der Waals surface area contributed by atoms with Gasteiger partial charge in [0.15, 0.2) is 0 Å². The number of ether oxygens (including phenoxy) is 1. The van der Waals surface area contributed by atoms with Crippen molar-refractivity contribution in [3.05, 3.63) is 35.9 Å². The third-order valence-corrected chi connectivity index (χ3v) is 3.34. The molecule has 0 unspecified atom stereocenters. The summed E-state index contributed by atoms with van der Waals surface area (Å²) < 4.78 is 5.07. The maximum absolute atomic E-state index is 11.7. The Labute approximate surface area is 123 Å². The van der Waals surface area contributed by atoms with Gasteiger partial charge in [0.1, 0.15) is 5.75 Å². The van der Waals surface area contributed by atoms with Crippen molar-refractivity contribution in [3.63, 3.8) is 0 Å². The van der Waals surface area contributed by atoms with Crippen LogP contribution in [0.3, 0.4) is 0 Å². The Morgan fingerprint density at radius 3 is 2.75 bits per heavy atom. The minimum absolute atomic E-state index is 0.0874. The van der Waals surface area contributed by atoms with Crippen LogP contribution < -0.4 is 10.1 Å². The summed E-state index contributed by atoms with van der Waals surface area (Å²) in [5, 5.41) is 5.30. The third-order valence-electron chi connectivity index (χ3n) is 3.24. The van der Waals surface area contributed by atoms with Crippen molar-refractivity contribution < 1.29 is 9.53 Å². The van der Waals surface area contributed by atoms with Gasteiger partial charge in [-0.1, -0.05) is 12.1 Å². The monoisotopic (exact) mass is 288 g/mol. The number of nitrogens with zero attached hydrogens (tertiary/aromatic N) is 1. The summed E-state index contributed by atoms with van der Waals surface area (Å²) in [5.74, 6) is 0.710. The molecule has 0 radical (unpaired) electrons. The van der Waals surface area contributed by atoms with E-state index >= 15 is 0 Å². The first-order chi connectivity index (χ1) is 9.71. The van der Waals surface area contributed by atoms with Crippen LogP contribution in [0, 0.1) is 0 Å². The van der Waals surface area contributed by atoms with Gasteiger partial charge in [-0.15, -0.1) is 0 Å². The number of isothiocyanates is 1. The van der Waals surface area contributed by atoms with E-state index in [1.165, 1.54) is 6.08 Å². The lowest BCUT2D eigenvalue weighted by Crippen LogP contribution is -2.45. The molecule has 0 saturated heterocycles. The fraction of sp³-hybridized carbons (Fsp3) is 0.333. The van der Waals surface area contributed by atoms with Crippen LogP contribution in [0.4, 0.5) is 0 Å². The SMILES string of the molecule is COc1ccc(/C=C/C(=O)NC2CC(N=C=S)C2)cc1. The number of amides is 1. The molecule has 0 aromatic heterocycles. The van der Waals surface area contributed by atoms with E-state index in [1.807, 2.05) is 24.3 Å². The summed E-state index contributed by atoms with van der Waals surface area (Å²) in [6.45, 7) is 0. The molecule has 1 aliphatic rings. The predicted octanol–water partition coefficient (Wildman–Crippen LogP) is 2.46. The molecule has 5 heteroatoms. The van der Waals surface area contributed by atoms with Gasteiger partial charge < -0.3 is 10.1 Å². The number of aliphatic imine (C=N–C) groups is 1. The Bertz CT molecular complexity index is 541. The molecule has 104 valence electrons. The molecule has 0 aliphatic heterocycles. The molecule has 1 N–H and O–H groups in total. The van der Waals surface area contributed by atoms with Crippen LogP contribution in [0.15, 0.2) is 35.3 Å². The highest BCUT2D eigenvalue weighted by atomic mass is 32.1. The van der Waals surface area contributed by atoms with Crippen molar-refractivity contribution in [1.82, 2.24) is 5.32 Å². The lowest BCUT2D eigenvalue weighted by molar-refractivity contribution is -0.117. The number of hydrogen-bond acceptors (Lipinski definition) is 4. The lowest BCUT2D eigenvalue weighted by atomic mass is 9.87. The summed E-state index contributed by atoms with van der Waals surface area (Å²) in [6.07, 6.45) is 5.00. The van der Waals surface area contributed by atoms with Gasteiger partial charge in [0, 0.05) is 12.1 Å². The van der Waals surface area contributed by atoms with Crippen LogP contribution in [-0.4, -0.2) is 30.3 Å². The summed E-state index contributed by atoms with van der Waals surface area (Å²) in [7, 11) is 1.62. The topological polar surface area (TPSA) is 50.7 Å². The van der Waals surface area contributed by atoms with Crippen LogP contribution in [-0.2, 0) is 4.79 Å². The zero-order chi connectivity index (χ0) is 14.4. The van der Waals surface area contributed by atoms with E-state index < -0.39 is 0 Å². The van der Waals surface area contributed by atoms with Crippen molar-refractivity contribution in [3.8, 4) is 5.75 Å². The molecule has 2 rings (SSSR count). The molecule has 1 amide bonds. The Hall–Kier alpha value is -1.97. The molecular weight excluding hydrogens is 272 g/mol. The largest absolute Gasteiger partial charge is 0.497 e. The van der Waals surface area contributed by atoms with E-state index in [0.29, 0.717) is 0 Å². The lowest BCUT2D eigenvalue weighted by Gasteiger charge is -2.31. The molecule has 20 heavy (non-hydrogen) atoms. The van der Waals surface area contributed by atoms with Crippen LogP contribution in [0.25, 0.3) is 6.08 Å². The van der Waals surface area contributed by atoms with Crippen molar-refractivity contribution in [2.75, 3.05) is 7.11 Å². The minimum Gasteiger partial charge on any atom is -0.497 e. The molecule has 1 saturated carbocycles. The van der Waals surface area contributed by atoms with Gasteiger partial charge in [-0.25, -0.2) is 4.99 Å². The average molecular weight is 288 g/mol. The summed E-state index contributed by atoms with van der Waals surface area (Å²) in [5.41, 5.74) is 0.956. The van der Waals surface area contributed by atoms with Crippen LogP contribution >= 0.6 is 12.2 Å². The Kier molecular flexibility index (Phi) is 5.04. The zero-order valence-electron chi connectivity index (χ0n) is 11.2. The molecule has 0 heterocycles. The zero-order valence-corrected chi connectivity index (χ0v) is 12.0. The maximum atomic E-state index is 11.7. The number of methoxy groups -OCH3 is 1. The van der Waals surface area contributed by atoms with Crippen molar-refractivity contribution in [2.24, 2.45) is 4.99 Å². The number of nitrogens with one attached hydrogen (secondary N) is 1. The number of carbonyl (C=O) groups excluding carboxylic acids is 1. The standard InChI is InChI=1S/C15H16N2O2S/c1-19-14-5-2-11(3-6-14)4-7-15(18)17-13-8-12(9-13)16-10-20/h2-7,12-13H,8-9H2,1H3,(H,17,18)/b7-4+. The van der Waals surface area contributed by atoms with Gasteiger partial charge in [-0.2, -0.15) is 0 Å². The van der Waals surface area contributed by atoms with Crippen molar-refractivity contribution >= 4 is 29.4 Å². The van der Waals surface area contributed by atoms with Crippen LogP contribution in [0.1, 0.15) is 18.4 Å². The Balaban J connectivity index is 1.79. The highest BCUT2D eigenvalue weighted by molar-refractivity contribution is 7.78. The Morgan fingerprint density at radius 1 is 1.45 bits per heavy atom. The van der Waals surface area contributed by atoms with E-state index in [-0.39, 0.29) is 18.0 Å². The molecule has 1 aromatic carbocycles. The van der Waals surface area contributed by atoms with E-state index in [1.54, 1.807) is 13.2 Å². The van der Waals surface area contributed by atoms with Gasteiger partial charge in [0.25, 0.3) is 0 Å². The van der Waals surface area contributed by atoms with Gasteiger partial charge >= 0.3 is 0 Å². The highest BCUT2D eigenvalue weighted by Gasteiger charge is 2.29. The van der Waals surface area contributed by atoms with Gasteiger partial charge in [-0.3, -0.25) is 4.79 Å². The van der Waals surface area contributed by atoms with E-state index in [2.05, 4.69) is 27.7 Å². The van der Waals surface area contributed by atoms with Gasteiger partial charge in [0.2, 0.25) is 5.91 Å².